The molecular formula is C17H16ClNO5. The van der Waals surface area contributed by atoms with Crippen LogP contribution in [0.15, 0.2) is 42.5 Å². The predicted octanol–water partition coefficient (Wildman–Crippen LogP) is 2.74. The van der Waals surface area contributed by atoms with Crippen molar-refractivity contribution in [3.05, 3.63) is 58.6 Å². The van der Waals surface area contributed by atoms with Gasteiger partial charge in [-0.1, -0.05) is 23.7 Å². The Morgan fingerprint density at radius 1 is 1.17 bits per heavy atom. The highest BCUT2D eigenvalue weighted by Crippen LogP contribution is 2.23. The normalized spacial score (nSPS) is 10.1. The van der Waals surface area contributed by atoms with Crippen LogP contribution in [0, 0.1) is 0 Å². The van der Waals surface area contributed by atoms with Gasteiger partial charge >= 0.3 is 5.97 Å². The number of amides is 1. The average Bonchev–Trinajstić information content (AvgIpc) is 2.58. The third kappa shape index (κ3) is 4.89. The summed E-state index contributed by atoms with van der Waals surface area (Å²) < 4.78 is 10.3. The molecule has 24 heavy (non-hydrogen) atoms. The number of benzene rings is 2. The van der Waals surface area contributed by atoms with Gasteiger partial charge in [0.2, 0.25) is 0 Å². The number of carboxylic acids is 1. The molecule has 0 unspecified atom stereocenters. The zero-order chi connectivity index (χ0) is 17.5. The lowest BCUT2D eigenvalue weighted by Crippen LogP contribution is -2.28. The highest BCUT2D eigenvalue weighted by molar-refractivity contribution is 6.30. The lowest BCUT2D eigenvalue weighted by Gasteiger charge is -2.10. The van der Waals surface area contributed by atoms with E-state index in [1.807, 2.05) is 12.1 Å². The van der Waals surface area contributed by atoms with Crippen molar-refractivity contribution in [2.24, 2.45) is 0 Å². The van der Waals surface area contributed by atoms with Crippen LogP contribution >= 0.6 is 11.6 Å². The number of nitrogens with one attached hydrogen (secondary N) is 1. The number of hydrogen-bond donors (Lipinski definition) is 2. The SMILES string of the molecule is COc1ccc(CNC(=O)COc2cc(Cl)ccc2C(=O)O)cc1. The zero-order valence-corrected chi connectivity index (χ0v) is 13.7. The van der Waals surface area contributed by atoms with Crippen LogP contribution in [0.5, 0.6) is 11.5 Å². The van der Waals surface area contributed by atoms with Crippen molar-refractivity contribution in [3.63, 3.8) is 0 Å². The van der Waals surface area contributed by atoms with Crippen LogP contribution in [0.25, 0.3) is 0 Å². The predicted molar refractivity (Wildman–Crippen MR) is 88.7 cm³/mol. The Kier molecular flexibility index (Phi) is 6.03. The van der Waals surface area contributed by atoms with Gasteiger partial charge in [0.15, 0.2) is 6.61 Å². The Labute approximate surface area is 144 Å². The number of carbonyl (C=O) groups excluding carboxylic acids is 1. The molecule has 2 rings (SSSR count). The van der Waals surface area contributed by atoms with E-state index >= 15 is 0 Å². The molecule has 2 N–H and O–H groups in total. The van der Waals surface area contributed by atoms with E-state index in [1.165, 1.54) is 18.2 Å². The van der Waals surface area contributed by atoms with Crippen LogP contribution in [0.2, 0.25) is 5.02 Å². The minimum absolute atomic E-state index is 0.0506. The molecular weight excluding hydrogens is 334 g/mol. The monoisotopic (exact) mass is 349 g/mol. The van der Waals surface area contributed by atoms with E-state index in [0.29, 0.717) is 11.6 Å². The summed E-state index contributed by atoms with van der Waals surface area (Å²) in [4.78, 5) is 22.9. The summed E-state index contributed by atoms with van der Waals surface area (Å²) in [5.74, 6) is -0.743. The number of halogens is 1. The summed E-state index contributed by atoms with van der Waals surface area (Å²) in [5.41, 5.74) is 0.848. The Morgan fingerprint density at radius 2 is 1.88 bits per heavy atom. The van der Waals surface area contributed by atoms with Crippen LogP contribution in [0.1, 0.15) is 15.9 Å². The fourth-order valence-electron chi connectivity index (χ4n) is 1.93. The molecule has 0 fully saturated rings. The van der Waals surface area contributed by atoms with E-state index in [4.69, 9.17) is 26.2 Å². The van der Waals surface area contributed by atoms with Gasteiger partial charge in [-0.05, 0) is 35.9 Å². The van der Waals surface area contributed by atoms with E-state index in [-0.39, 0.29) is 23.8 Å². The molecule has 0 saturated carbocycles. The van der Waals surface area contributed by atoms with Gasteiger partial charge in [-0.3, -0.25) is 4.79 Å². The summed E-state index contributed by atoms with van der Waals surface area (Å²) in [6.07, 6.45) is 0. The average molecular weight is 350 g/mol. The smallest absolute Gasteiger partial charge is 0.339 e. The van der Waals surface area contributed by atoms with Gasteiger partial charge in [0.1, 0.15) is 17.1 Å². The van der Waals surface area contributed by atoms with E-state index in [1.54, 1.807) is 19.2 Å². The molecule has 6 nitrogen and oxygen atoms in total. The number of methoxy groups -OCH3 is 1. The summed E-state index contributed by atoms with van der Waals surface area (Å²) in [6, 6.07) is 11.4. The highest BCUT2D eigenvalue weighted by atomic mass is 35.5. The maximum atomic E-state index is 11.8. The van der Waals surface area contributed by atoms with Crippen LogP contribution in [0.4, 0.5) is 0 Å². The molecule has 0 bridgehead atoms. The summed E-state index contributed by atoms with van der Waals surface area (Å²) in [5, 5.41) is 12.1. The first kappa shape index (κ1) is 17.6. The number of carbonyl (C=O) groups is 2. The molecule has 0 aromatic heterocycles. The van der Waals surface area contributed by atoms with E-state index in [9.17, 15) is 9.59 Å². The molecule has 0 aliphatic heterocycles. The van der Waals surface area contributed by atoms with Gasteiger partial charge in [0.05, 0.1) is 7.11 Å². The van der Waals surface area contributed by atoms with E-state index in [0.717, 1.165) is 11.3 Å². The molecule has 0 spiro atoms. The molecule has 0 aliphatic carbocycles. The molecule has 1 amide bonds. The Bertz CT molecular complexity index is 730. The number of ether oxygens (including phenoxy) is 2. The van der Waals surface area contributed by atoms with Crippen molar-refractivity contribution >= 4 is 23.5 Å². The summed E-state index contributed by atoms with van der Waals surface area (Å²) in [6.45, 7) is 0.0182. The lowest BCUT2D eigenvalue weighted by atomic mass is 10.2. The number of hydrogen-bond acceptors (Lipinski definition) is 4. The fraction of sp³-hybridized carbons (Fsp3) is 0.176. The molecule has 0 heterocycles. The van der Waals surface area contributed by atoms with E-state index in [2.05, 4.69) is 5.32 Å². The second-order valence-corrected chi connectivity index (χ2v) is 5.30. The van der Waals surface area contributed by atoms with Crippen molar-refractivity contribution in [1.82, 2.24) is 5.32 Å². The largest absolute Gasteiger partial charge is 0.497 e. The zero-order valence-electron chi connectivity index (χ0n) is 12.9. The summed E-state index contributed by atoms with van der Waals surface area (Å²) in [7, 11) is 1.58. The van der Waals surface area contributed by atoms with Crippen molar-refractivity contribution in [2.75, 3.05) is 13.7 Å². The first-order chi connectivity index (χ1) is 11.5. The fourth-order valence-corrected chi connectivity index (χ4v) is 2.09. The topological polar surface area (TPSA) is 84.9 Å². The molecule has 0 radical (unpaired) electrons. The highest BCUT2D eigenvalue weighted by Gasteiger charge is 2.13. The van der Waals surface area contributed by atoms with Crippen molar-refractivity contribution < 1.29 is 24.2 Å². The number of aromatic carboxylic acids is 1. The van der Waals surface area contributed by atoms with Gasteiger partial charge in [0, 0.05) is 11.6 Å². The Morgan fingerprint density at radius 3 is 2.50 bits per heavy atom. The quantitative estimate of drug-likeness (QED) is 0.802. The van der Waals surface area contributed by atoms with Gasteiger partial charge in [-0.15, -0.1) is 0 Å². The molecule has 0 atom stereocenters. The molecule has 2 aromatic rings. The van der Waals surface area contributed by atoms with Crippen molar-refractivity contribution in [1.29, 1.82) is 0 Å². The second-order valence-electron chi connectivity index (χ2n) is 4.86. The van der Waals surface area contributed by atoms with Gasteiger partial charge in [0.25, 0.3) is 5.91 Å². The number of carboxylic acid groups (broad SMARTS) is 1. The van der Waals surface area contributed by atoms with Gasteiger partial charge in [-0.25, -0.2) is 4.79 Å². The Hall–Kier alpha value is -2.73. The van der Waals surface area contributed by atoms with Gasteiger partial charge in [-0.2, -0.15) is 0 Å². The van der Waals surface area contributed by atoms with Crippen LogP contribution < -0.4 is 14.8 Å². The minimum atomic E-state index is -1.15. The Balaban J connectivity index is 1.89. The van der Waals surface area contributed by atoms with Gasteiger partial charge < -0.3 is 19.9 Å². The first-order valence-electron chi connectivity index (χ1n) is 7.05. The maximum Gasteiger partial charge on any atom is 0.339 e. The van der Waals surface area contributed by atoms with Crippen LogP contribution in [-0.2, 0) is 11.3 Å². The molecule has 0 aliphatic rings. The van der Waals surface area contributed by atoms with E-state index < -0.39 is 5.97 Å². The second kappa shape index (κ2) is 8.21. The lowest BCUT2D eigenvalue weighted by molar-refractivity contribution is -0.123. The molecule has 0 saturated heterocycles. The molecule has 126 valence electrons. The third-order valence-corrected chi connectivity index (χ3v) is 3.42. The minimum Gasteiger partial charge on any atom is -0.497 e. The first-order valence-corrected chi connectivity index (χ1v) is 7.42. The van der Waals surface area contributed by atoms with Crippen LogP contribution in [-0.4, -0.2) is 30.7 Å². The van der Waals surface area contributed by atoms with Crippen LogP contribution in [0.3, 0.4) is 0 Å². The molecule has 2 aromatic carbocycles. The standard InChI is InChI=1S/C17H16ClNO5/c1-23-13-5-2-11(3-6-13)9-19-16(20)10-24-15-8-12(18)4-7-14(15)17(21)22/h2-8H,9-10H2,1H3,(H,19,20)(H,21,22). The van der Waals surface area contributed by atoms with Crippen molar-refractivity contribution in [2.45, 2.75) is 6.54 Å². The number of rotatable bonds is 7. The third-order valence-electron chi connectivity index (χ3n) is 3.18. The maximum absolute atomic E-state index is 11.8. The molecule has 7 heteroatoms. The summed E-state index contributed by atoms with van der Waals surface area (Å²) >= 11 is 5.82. The van der Waals surface area contributed by atoms with Crippen molar-refractivity contribution in [3.8, 4) is 11.5 Å².